The van der Waals surface area contributed by atoms with E-state index in [4.69, 9.17) is 23.2 Å². The zero-order chi connectivity index (χ0) is 33.3. The van der Waals surface area contributed by atoms with Crippen LogP contribution in [0.2, 0.25) is 10.0 Å². The molecule has 10 nitrogen and oxygen atoms in total. The number of benzene rings is 4. The zero-order valence-electron chi connectivity index (χ0n) is 24.9. The molecule has 0 radical (unpaired) electrons. The monoisotopic (exact) mass is 682 g/mol. The lowest BCUT2D eigenvalue weighted by Gasteiger charge is -2.34. The highest BCUT2D eigenvalue weighted by Gasteiger charge is 2.35. The second kappa shape index (κ2) is 15.7. The number of nitro groups is 1. The summed E-state index contributed by atoms with van der Waals surface area (Å²) in [7, 11) is -4.35. The van der Waals surface area contributed by atoms with Crippen molar-refractivity contribution in [1.29, 1.82) is 0 Å². The number of anilines is 1. The molecule has 240 valence electrons. The summed E-state index contributed by atoms with van der Waals surface area (Å²) in [5.41, 5.74) is 1.06. The molecule has 4 aromatic carbocycles. The van der Waals surface area contributed by atoms with E-state index < -0.39 is 39.3 Å². The van der Waals surface area contributed by atoms with E-state index in [1.165, 1.54) is 35.2 Å². The second-order valence-corrected chi connectivity index (χ2v) is 13.1. The van der Waals surface area contributed by atoms with Crippen LogP contribution in [0.15, 0.2) is 108 Å². The number of nitrogens with one attached hydrogen (secondary N) is 1. The Morgan fingerprint density at radius 2 is 1.54 bits per heavy atom. The first-order chi connectivity index (χ1) is 22.0. The van der Waals surface area contributed by atoms with Gasteiger partial charge in [-0.3, -0.25) is 24.0 Å². The van der Waals surface area contributed by atoms with Crippen LogP contribution in [-0.2, 0) is 32.6 Å². The number of hydrogen-bond acceptors (Lipinski definition) is 6. The van der Waals surface area contributed by atoms with Crippen LogP contribution in [0.1, 0.15) is 24.5 Å². The summed E-state index contributed by atoms with van der Waals surface area (Å²) < 4.78 is 28.9. The molecular formula is C33H32Cl2N4O6S. The van der Waals surface area contributed by atoms with Gasteiger partial charge in [0.25, 0.3) is 15.7 Å². The molecule has 0 heterocycles. The first-order valence-electron chi connectivity index (χ1n) is 14.4. The van der Waals surface area contributed by atoms with Gasteiger partial charge in [0.2, 0.25) is 11.8 Å². The molecule has 0 saturated carbocycles. The first-order valence-corrected chi connectivity index (χ1v) is 16.6. The highest BCUT2D eigenvalue weighted by atomic mass is 35.5. The number of rotatable bonds is 14. The average molecular weight is 684 g/mol. The maximum atomic E-state index is 14.4. The lowest BCUT2D eigenvalue weighted by Crippen LogP contribution is -2.53. The van der Waals surface area contributed by atoms with Crippen LogP contribution in [-0.4, -0.2) is 49.2 Å². The Balaban J connectivity index is 1.82. The van der Waals surface area contributed by atoms with Gasteiger partial charge in [0.15, 0.2) is 0 Å². The highest BCUT2D eigenvalue weighted by molar-refractivity contribution is 7.92. The quantitative estimate of drug-likeness (QED) is 0.123. The molecule has 0 bridgehead atoms. The zero-order valence-corrected chi connectivity index (χ0v) is 27.2. The van der Waals surface area contributed by atoms with E-state index in [2.05, 4.69) is 5.32 Å². The standard InChI is InChI=1S/C33H32Cl2N4O6S/c1-2-19-36-33(41)31(20-24-9-5-3-6-10-24)37(22-25-13-14-26(34)21-30(25)35)32(40)23-38(27-15-17-28(18-16-27)39(42)43)46(44,45)29-11-7-4-8-12-29/h3-18,21,31H,2,19-20,22-23H2,1H3,(H,36,41). The Morgan fingerprint density at radius 3 is 2.13 bits per heavy atom. The fraction of sp³-hybridized carbons (Fsp3) is 0.212. The molecule has 13 heteroatoms. The summed E-state index contributed by atoms with van der Waals surface area (Å²) in [6.45, 7) is 1.42. The molecule has 4 rings (SSSR count). The van der Waals surface area contributed by atoms with Gasteiger partial charge in [-0.15, -0.1) is 0 Å². The molecule has 1 N–H and O–H groups in total. The predicted molar refractivity (Wildman–Crippen MR) is 178 cm³/mol. The van der Waals surface area contributed by atoms with Crippen LogP contribution in [0.3, 0.4) is 0 Å². The maximum Gasteiger partial charge on any atom is 0.269 e. The van der Waals surface area contributed by atoms with Gasteiger partial charge in [0.1, 0.15) is 12.6 Å². The van der Waals surface area contributed by atoms with Crippen LogP contribution in [0.5, 0.6) is 0 Å². The number of amides is 2. The van der Waals surface area contributed by atoms with Crippen LogP contribution in [0.4, 0.5) is 11.4 Å². The number of nitrogens with zero attached hydrogens (tertiary/aromatic N) is 3. The van der Waals surface area contributed by atoms with E-state index in [0.29, 0.717) is 23.6 Å². The van der Waals surface area contributed by atoms with Crippen molar-refractivity contribution in [3.8, 4) is 0 Å². The second-order valence-electron chi connectivity index (χ2n) is 10.4. The number of carbonyl (C=O) groups is 2. The third-order valence-electron chi connectivity index (χ3n) is 7.13. The summed E-state index contributed by atoms with van der Waals surface area (Å²) in [4.78, 5) is 40.1. The topological polar surface area (TPSA) is 130 Å². The molecule has 0 aliphatic heterocycles. The van der Waals surface area contributed by atoms with Crippen molar-refractivity contribution >= 4 is 56.4 Å². The minimum absolute atomic E-state index is 0.0299. The number of hydrogen-bond donors (Lipinski definition) is 1. The van der Waals surface area contributed by atoms with Gasteiger partial charge in [0.05, 0.1) is 15.5 Å². The summed E-state index contributed by atoms with van der Waals surface area (Å²) in [6, 6.07) is 25.2. The van der Waals surface area contributed by atoms with Crippen molar-refractivity contribution in [3.63, 3.8) is 0 Å². The smallest absolute Gasteiger partial charge is 0.269 e. The predicted octanol–water partition coefficient (Wildman–Crippen LogP) is 6.26. The lowest BCUT2D eigenvalue weighted by molar-refractivity contribution is -0.384. The molecule has 0 aromatic heterocycles. The van der Waals surface area contributed by atoms with Crippen LogP contribution < -0.4 is 9.62 Å². The lowest BCUT2D eigenvalue weighted by atomic mass is 10.0. The minimum atomic E-state index is -4.35. The Kier molecular flexibility index (Phi) is 11.8. The van der Waals surface area contributed by atoms with Gasteiger partial charge >= 0.3 is 0 Å². The Bertz CT molecular complexity index is 1780. The number of non-ortho nitro benzene ring substituents is 1. The minimum Gasteiger partial charge on any atom is -0.354 e. The van der Waals surface area contributed by atoms with Gasteiger partial charge < -0.3 is 10.2 Å². The van der Waals surface area contributed by atoms with Crippen molar-refractivity contribution in [1.82, 2.24) is 10.2 Å². The summed E-state index contributed by atoms with van der Waals surface area (Å²) >= 11 is 12.6. The number of halogens is 2. The molecule has 0 aliphatic rings. The molecular weight excluding hydrogens is 651 g/mol. The largest absolute Gasteiger partial charge is 0.354 e. The molecule has 0 spiro atoms. The normalized spacial score (nSPS) is 11.8. The summed E-state index contributed by atoms with van der Waals surface area (Å²) in [6.07, 6.45) is 0.792. The van der Waals surface area contributed by atoms with Gasteiger partial charge in [0, 0.05) is 41.7 Å². The summed E-state index contributed by atoms with van der Waals surface area (Å²) in [5, 5.41) is 14.8. The van der Waals surface area contributed by atoms with Crippen molar-refractivity contribution in [2.24, 2.45) is 0 Å². The van der Waals surface area contributed by atoms with Gasteiger partial charge in [-0.2, -0.15) is 0 Å². The molecule has 4 aromatic rings. The van der Waals surface area contributed by atoms with Crippen LogP contribution >= 0.6 is 23.2 Å². The molecule has 0 saturated heterocycles. The van der Waals surface area contributed by atoms with Crippen molar-refractivity contribution in [3.05, 3.63) is 134 Å². The SMILES string of the molecule is CCCNC(=O)C(Cc1ccccc1)N(Cc1ccc(Cl)cc1Cl)C(=O)CN(c1ccc([N+](=O)[O-])cc1)S(=O)(=O)c1ccccc1. The Hall–Kier alpha value is -4.45. The van der Waals surface area contributed by atoms with Gasteiger partial charge in [-0.05, 0) is 53.9 Å². The van der Waals surface area contributed by atoms with E-state index in [1.54, 1.807) is 30.3 Å². The molecule has 0 fully saturated rings. The van der Waals surface area contributed by atoms with E-state index >= 15 is 0 Å². The fourth-order valence-electron chi connectivity index (χ4n) is 4.74. The molecule has 1 unspecified atom stereocenters. The molecule has 46 heavy (non-hydrogen) atoms. The molecule has 0 aliphatic carbocycles. The summed E-state index contributed by atoms with van der Waals surface area (Å²) in [5.74, 6) is -1.12. The first kappa shape index (κ1) is 34.4. The number of nitro benzene ring substituents is 1. The van der Waals surface area contributed by atoms with Crippen molar-refractivity contribution in [2.45, 2.75) is 37.2 Å². The fourth-order valence-corrected chi connectivity index (χ4v) is 6.65. The van der Waals surface area contributed by atoms with Crippen molar-refractivity contribution in [2.75, 3.05) is 17.4 Å². The average Bonchev–Trinajstić information content (AvgIpc) is 3.05. The van der Waals surface area contributed by atoms with E-state index in [1.807, 2.05) is 37.3 Å². The van der Waals surface area contributed by atoms with Crippen molar-refractivity contribution < 1.29 is 22.9 Å². The van der Waals surface area contributed by atoms with E-state index in [9.17, 15) is 28.1 Å². The Morgan fingerprint density at radius 1 is 0.913 bits per heavy atom. The Labute approximate surface area is 277 Å². The number of sulfonamides is 1. The van der Waals surface area contributed by atoms with E-state index in [-0.39, 0.29) is 34.3 Å². The van der Waals surface area contributed by atoms with E-state index in [0.717, 1.165) is 22.0 Å². The van der Waals surface area contributed by atoms with Gasteiger partial charge in [-0.25, -0.2) is 8.42 Å². The number of carbonyl (C=O) groups excluding carboxylic acids is 2. The van der Waals surface area contributed by atoms with Gasteiger partial charge in [-0.1, -0.05) is 84.7 Å². The molecule has 2 amide bonds. The maximum absolute atomic E-state index is 14.4. The third-order valence-corrected chi connectivity index (χ3v) is 9.51. The third kappa shape index (κ3) is 8.63. The van der Waals surface area contributed by atoms with Crippen LogP contribution in [0, 0.1) is 10.1 Å². The molecule has 1 atom stereocenters. The van der Waals surface area contributed by atoms with Crippen LogP contribution in [0.25, 0.3) is 0 Å². The highest BCUT2D eigenvalue weighted by Crippen LogP contribution is 2.28.